The molecule has 0 saturated heterocycles. The van der Waals surface area contributed by atoms with Crippen molar-refractivity contribution in [2.45, 2.75) is 18.4 Å². The van der Waals surface area contributed by atoms with E-state index in [9.17, 15) is 13.2 Å². The molecule has 1 amide bonds. The number of nitrogens with two attached hydrogens (primary N) is 1. The highest BCUT2D eigenvalue weighted by molar-refractivity contribution is 7.90. The number of pyridine rings is 1. The van der Waals surface area contributed by atoms with E-state index in [4.69, 9.17) is 20.5 Å². The number of ether oxygens (including phenoxy) is 2. The van der Waals surface area contributed by atoms with E-state index in [1.807, 2.05) is 6.07 Å². The first-order chi connectivity index (χ1) is 13.2. The lowest BCUT2D eigenvalue weighted by Crippen LogP contribution is -2.24. The monoisotopic (exact) mass is 404 g/mol. The maximum absolute atomic E-state index is 12.4. The zero-order valence-corrected chi connectivity index (χ0v) is 16.5. The summed E-state index contributed by atoms with van der Waals surface area (Å²) < 4.78 is 33.9. The fourth-order valence-corrected chi connectivity index (χ4v) is 3.23. The highest BCUT2D eigenvalue weighted by Crippen LogP contribution is 2.25. The number of methoxy groups -OCH3 is 1. The third-order valence-electron chi connectivity index (χ3n) is 3.72. The maximum Gasteiger partial charge on any atom is 0.270 e. The molecule has 0 unspecified atom stereocenters. The summed E-state index contributed by atoms with van der Waals surface area (Å²) in [5, 5.41) is 11.8. The van der Waals surface area contributed by atoms with E-state index >= 15 is 0 Å². The SMILES string of the molecule is CCOc1nc(C(=O)NCc2ccc(S(C)(=O)=O)c(OC)c2)cc(N)c1C#N. The molecule has 0 fully saturated rings. The summed E-state index contributed by atoms with van der Waals surface area (Å²) in [6.45, 7) is 2.09. The molecule has 1 aromatic heterocycles. The van der Waals surface area contributed by atoms with Crippen LogP contribution in [0.4, 0.5) is 5.69 Å². The summed E-state index contributed by atoms with van der Waals surface area (Å²) in [5.41, 5.74) is 6.59. The van der Waals surface area contributed by atoms with E-state index in [0.717, 1.165) is 6.26 Å². The van der Waals surface area contributed by atoms with Crippen LogP contribution >= 0.6 is 0 Å². The number of benzene rings is 1. The Morgan fingerprint density at radius 2 is 2.07 bits per heavy atom. The Kier molecular flexibility index (Phi) is 6.43. The first-order valence-corrected chi connectivity index (χ1v) is 10.1. The number of sulfone groups is 1. The molecular formula is C18H20N4O5S. The summed E-state index contributed by atoms with van der Waals surface area (Å²) >= 11 is 0. The number of hydrogen-bond donors (Lipinski definition) is 2. The lowest BCUT2D eigenvalue weighted by atomic mass is 10.2. The predicted molar refractivity (Wildman–Crippen MR) is 102 cm³/mol. The second-order valence-corrected chi connectivity index (χ2v) is 7.75. The average molecular weight is 404 g/mol. The van der Waals surface area contributed by atoms with Gasteiger partial charge in [0.25, 0.3) is 5.91 Å². The van der Waals surface area contributed by atoms with Gasteiger partial charge in [-0.05, 0) is 30.7 Å². The average Bonchev–Trinajstić information content (AvgIpc) is 2.65. The van der Waals surface area contributed by atoms with Crippen molar-refractivity contribution in [3.63, 3.8) is 0 Å². The fourth-order valence-electron chi connectivity index (χ4n) is 2.41. The lowest BCUT2D eigenvalue weighted by Gasteiger charge is -2.11. The smallest absolute Gasteiger partial charge is 0.270 e. The molecule has 2 aromatic rings. The van der Waals surface area contributed by atoms with Gasteiger partial charge in [0.05, 0.1) is 19.4 Å². The van der Waals surface area contributed by atoms with Gasteiger partial charge in [-0.1, -0.05) is 6.07 Å². The molecule has 0 radical (unpaired) electrons. The molecule has 0 aliphatic rings. The van der Waals surface area contributed by atoms with Crippen LogP contribution in [0.15, 0.2) is 29.2 Å². The molecule has 0 aliphatic heterocycles. The van der Waals surface area contributed by atoms with Crippen molar-refractivity contribution in [2.75, 3.05) is 25.7 Å². The number of nitrogens with one attached hydrogen (secondary N) is 1. The summed E-state index contributed by atoms with van der Waals surface area (Å²) in [6.07, 6.45) is 1.09. The van der Waals surface area contributed by atoms with Gasteiger partial charge in [-0.2, -0.15) is 5.26 Å². The van der Waals surface area contributed by atoms with Crippen LogP contribution in [-0.4, -0.2) is 39.3 Å². The predicted octanol–water partition coefficient (Wildman–Crippen LogP) is 1.28. The van der Waals surface area contributed by atoms with Gasteiger partial charge in [-0.3, -0.25) is 4.79 Å². The number of hydrogen-bond acceptors (Lipinski definition) is 8. The van der Waals surface area contributed by atoms with Crippen molar-refractivity contribution < 1.29 is 22.7 Å². The fraction of sp³-hybridized carbons (Fsp3) is 0.278. The van der Waals surface area contributed by atoms with Crippen LogP contribution in [0.3, 0.4) is 0 Å². The molecule has 10 heteroatoms. The number of nitrogens with zero attached hydrogens (tertiary/aromatic N) is 2. The van der Waals surface area contributed by atoms with Gasteiger partial charge < -0.3 is 20.5 Å². The minimum Gasteiger partial charge on any atom is -0.495 e. The van der Waals surface area contributed by atoms with Gasteiger partial charge in [-0.25, -0.2) is 13.4 Å². The molecule has 0 atom stereocenters. The number of nitrogen functional groups attached to an aromatic ring is 1. The van der Waals surface area contributed by atoms with Crippen molar-refractivity contribution in [1.29, 1.82) is 5.26 Å². The second kappa shape index (κ2) is 8.58. The number of amides is 1. The van der Waals surface area contributed by atoms with Crippen LogP contribution in [-0.2, 0) is 16.4 Å². The molecule has 9 nitrogen and oxygen atoms in total. The summed E-state index contributed by atoms with van der Waals surface area (Å²) in [4.78, 5) is 16.5. The Morgan fingerprint density at radius 3 is 2.64 bits per heavy atom. The van der Waals surface area contributed by atoms with Crippen LogP contribution < -0.4 is 20.5 Å². The first kappa shape index (κ1) is 21.0. The Hall–Kier alpha value is -3.32. The number of anilines is 1. The quantitative estimate of drug-likeness (QED) is 0.702. The largest absolute Gasteiger partial charge is 0.495 e. The summed E-state index contributed by atoms with van der Waals surface area (Å²) in [5.74, 6) is -0.341. The zero-order chi connectivity index (χ0) is 20.9. The van der Waals surface area contributed by atoms with Crippen molar-refractivity contribution >= 4 is 21.4 Å². The Bertz CT molecular complexity index is 1040. The van der Waals surface area contributed by atoms with E-state index in [1.165, 1.54) is 25.3 Å². The van der Waals surface area contributed by atoms with E-state index in [0.29, 0.717) is 5.56 Å². The van der Waals surface area contributed by atoms with Crippen molar-refractivity contribution in [2.24, 2.45) is 0 Å². The Balaban J connectivity index is 2.22. The van der Waals surface area contributed by atoms with E-state index in [1.54, 1.807) is 13.0 Å². The second-order valence-electron chi connectivity index (χ2n) is 5.76. The Labute approximate surface area is 163 Å². The summed E-state index contributed by atoms with van der Waals surface area (Å²) in [7, 11) is -2.07. The third-order valence-corrected chi connectivity index (χ3v) is 4.86. The lowest BCUT2D eigenvalue weighted by molar-refractivity contribution is 0.0944. The van der Waals surface area contributed by atoms with Crippen LogP contribution in [0, 0.1) is 11.3 Å². The molecule has 3 N–H and O–H groups in total. The molecule has 0 spiro atoms. The number of carbonyl (C=O) groups is 1. The first-order valence-electron chi connectivity index (χ1n) is 8.19. The van der Waals surface area contributed by atoms with Crippen molar-refractivity contribution in [1.82, 2.24) is 10.3 Å². The minimum atomic E-state index is -3.43. The molecule has 0 aliphatic carbocycles. The highest BCUT2D eigenvalue weighted by Gasteiger charge is 2.17. The normalized spacial score (nSPS) is 10.8. The van der Waals surface area contributed by atoms with Gasteiger partial charge in [0.15, 0.2) is 9.84 Å². The van der Waals surface area contributed by atoms with Crippen LogP contribution in [0.25, 0.3) is 0 Å². The molecule has 2 rings (SSSR count). The topological polar surface area (TPSA) is 144 Å². The minimum absolute atomic E-state index is 0.000305. The van der Waals surface area contributed by atoms with E-state index in [2.05, 4.69) is 10.3 Å². The highest BCUT2D eigenvalue weighted by atomic mass is 32.2. The van der Waals surface area contributed by atoms with E-state index < -0.39 is 15.7 Å². The van der Waals surface area contributed by atoms with Gasteiger partial charge >= 0.3 is 0 Å². The Morgan fingerprint density at radius 1 is 1.36 bits per heavy atom. The van der Waals surface area contributed by atoms with Gasteiger partial charge in [-0.15, -0.1) is 0 Å². The van der Waals surface area contributed by atoms with E-state index in [-0.39, 0.29) is 46.6 Å². The number of aromatic nitrogens is 1. The zero-order valence-electron chi connectivity index (χ0n) is 15.6. The molecular weight excluding hydrogens is 384 g/mol. The standard InChI is InChI=1S/C18H20N4O5S/c1-4-27-18-12(9-19)13(20)8-14(22-18)17(23)21-10-11-5-6-16(28(3,24)25)15(7-11)26-2/h5-8H,4,10H2,1-3H3,(H2,20,22)(H,21,23). The molecule has 0 saturated carbocycles. The van der Waals surface area contributed by atoms with Crippen LogP contribution in [0.1, 0.15) is 28.5 Å². The number of rotatable bonds is 7. The van der Waals surface area contributed by atoms with Crippen LogP contribution in [0.5, 0.6) is 11.6 Å². The molecule has 1 heterocycles. The maximum atomic E-state index is 12.4. The molecule has 1 aromatic carbocycles. The number of carbonyl (C=O) groups excluding carboxylic acids is 1. The van der Waals surface area contributed by atoms with Gasteiger partial charge in [0.2, 0.25) is 5.88 Å². The van der Waals surface area contributed by atoms with Gasteiger partial charge in [0.1, 0.15) is 28.0 Å². The van der Waals surface area contributed by atoms with Gasteiger partial charge in [0, 0.05) is 12.8 Å². The third kappa shape index (κ3) is 4.69. The van der Waals surface area contributed by atoms with Crippen molar-refractivity contribution in [3.8, 4) is 17.7 Å². The molecule has 148 valence electrons. The molecule has 0 bridgehead atoms. The van der Waals surface area contributed by atoms with Crippen molar-refractivity contribution in [3.05, 3.63) is 41.1 Å². The van der Waals surface area contributed by atoms with Crippen LogP contribution in [0.2, 0.25) is 0 Å². The summed E-state index contributed by atoms with van der Waals surface area (Å²) in [6, 6.07) is 7.71. The molecule has 28 heavy (non-hydrogen) atoms. The number of nitriles is 1.